The maximum atomic E-state index is 4.71. The van der Waals surface area contributed by atoms with Gasteiger partial charge in [0, 0.05) is 23.3 Å². The van der Waals surface area contributed by atoms with E-state index in [0.29, 0.717) is 12.4 Å². The van der Waals surface area contributed by atoms with E-state index in [1.807, 2.05) is 55.2 Å². The van der Waals surface area contributed by atoms with E-state index in [1.54, 1.807) is 0 Å². The van der Waals surface area contributed by atoms with Crippen molar-refractivity contribution in [3.63, 3.8) is 0 Å². The van der Waals surface area contributed by atoms with E-state index in [2.05, 4.69) is 25.1 Å². The minimum absolute atomic E-state index is 0.601. The van der Waals surface area contributed by atoms with Gasteiger partial charge in [0.15, 0.2) is 0 Å². The van der Waals surface area contributed by atoms with Crippen LogP contribution in [0.25, 0.3) is 22.4 Å². The Labute approximate surface area is 132 Å². The highest BCUT2D eigenvalue weighted by Gasteiger charge is 2.15. The molecule has 7 nitrogen and oxygen atoms in total. The van der Waals surface area contributed by atoms with Gasteiger partial charge in [0.1, 0.15) is 17.3 Å². The molecule has 0 atom stereocenters. The molecule has 1 aromatic carbocycles. The van der Waals surface area contributed by atoms with Gasteiger partial charge in [0.25, 0.3) is 0 Å². The second-order valence-electron chi connectivity index (χ2n) is 5.41. The van der Waals surface area contributed by atoms with Crippen LogP contribution in [0.4, 0.5) is 0 Å². The summed E-state index contributed by atoms with van der Waals surface area (Å²) in [6.07, 6.45) is 3.66. The number of fused-ring (bicyclic) bond motifs is 1. The molecule has 0 amide bonds. The van der Waals surface area contributed by atoms with Gasteiger partial charge >= 0.3 is 0 Å². The predicted molar refractivity (Wildman–Crippen MR) is 85.7 cm³/mol. The van der Waals surface area contributed by atoms with Crippen molar-refractivity contribution >= 4 is 10.9 Å². The van der Waals surface area contributed by atoms with Crippen LogP contribution < -0.4 is 0 Å². The van der Waals surface area contributed by atoms with Crippen LogP contribution in [-0.2, 0) is 6.54 Å². The Morgan fingerprint density at radius 1 is 1.09 bits per heavy atom. The lowest BCUT2D eigenvalue weighted by Crippen LogP contribution is -2.03. The first-order valence-electron chi connectivity index (χ1n) is 7.33. The summed E-state index contributed by atoms with van der Waals surface area (Å²) in [4.78, 5) is 12.9. The van der Waals surface area contributed by atoms with E-state index in [-0.39, 0.29) is 0 Å². The molecular weight excluding hydrogens is 290 g/mol. The molecule has 0 aliphatic rings. The van der Waals surface area contributed by atoms with Crippen molar-refractivity contribution in [1.29, 1.82) is 0 Å². The van der Waals surface area contributed by atoms with Crippen molar-refractivity contribution in [2.75, 3.05) is 0 Å². The SMILES string of the molecule is Cc1ncc(Cn2nc(-c3n[nH]c(C)n3)c3ccccc32)cn1. The van der Waals surface area contributed by atoms with Gasteiger partial charge < -0.3 is 0 Å². The van der Waals surface area contributed by atoms with Gasteiger partial charge in [-0.1, -0.05) is 18.2 Å². The molecular formula is C16H15N7. The third-order valence-corrected chi connectivity index (χ3v) is 3.63. The van der Waals surface area contributed by atoms with Crippen LogP contribution in [0, 0.1) is 13.8 Å². The molecule has 4 aromatic rings. The number of benzene rings is 1. The number of para-hydroxylation sites is 1. The fourth-order valence-electron chi connectivity index (χ4n) is 2.54. The fourth-order valence-corrected chi connectivity index (χ4v) is 2.54. The molecule has 0 unspecified atom stereocenters. The van der Waals surface area contributed by atoms with Gasteiger partial charge in [-0.05, 0) is 19.9 Å². The number of hydrogen-bond donors (Lipinski definition) is 1. The molecule has 0 spiro atoms. The van der Waals surface area contributed by atoms with Gasteiger partial charge in [0.05, 0.1) is 12.1 Å². The molecule has 0 radical (unpaired) electrons. The Balaban J connectivity index is 1.82. The van der Waals surface area contributed by atoms with Gasteiger partial charge in [-0.2, -0.15) is 10.2 Å². The standard InChI is InChI=1S/C16H15N7/c1-10-17-7-12(8-18-10)9-23-14-6-4-3-5-13(14)15(22-23)16-19-11(2)20-21-16/h3-8H,9H2,1-2H3,(H,19,20,21). The summed E-state index contributed by atoms with van der Waals surface area (Å²) in [5.74, 6) is 2.14. The zero-order valence-corrected chi connectivity index (χ0v) is 12.9. The molecule has 0 aliphatic heterocycles. The molecule has 0 fully saturated rings. The average Bonchev–Trinajstić information content (AvgIpc) is 3.14. The second-order valence-corrected chi connectivity index (χ2v) is 5.41. The third kappa shape index (κ3) is 2.46. The van der Waals surface area contributed by atoms with Crippen LogP contribution >= 0.6 is 0 Å². The second kappa shape index (κ2) is 5.28. The van der Waals surface area contributed by atoms with Gasteiger partial charge in [-0.25, -0.2) is 15.0 Å². The van der Waals surface area contributed by atoms with Gasteiger partial charge in [-0.3, -0.25) is 9.78 Å². The van der Waals surface area contributed by atoms with Crippen LogP contribution in [0.1, 0.15) is 17.2 Å². The van der Waals surface area contributed by atoms with Crippen molar-refractivity contribution < 1.29 is 0 Å². The fraction of sp³-hybridized carbons (Fsp3) is 0.188. The third-order valence-electron chi connectivity index (χ3n) is 3.63. The molecule has 7 heteroatoms. The molecule has 3 aromatic heterocycles. The minimum Gasteiger partial charge on any atom is -0.263 e. The number of nitrogens with one attached hydrogen (secondary N) is 1. The van der Waals surface area contributed by atoms with Crippen molar-refractivity contribution in [3.05, 3.63) is 53.9 Å². The lowest BCUT2D eigenvalue weighted by molar-refractivity contribution is 0.706. The van der Waals surface area contributed by atoms with Crippen LogP contribution in [-0.4, -0.2) is 34.9 Å². The lowest BCUT2D eigenvalue weighted by atomic mass is 10.2. The van der Waals surface area contributed by atoms with E-state index in [9.17, 15) is 0 Å². The maximum Gasteiger partial charge on any atom is 0.202 e. The largest absolute Gasteiger partial charge is 0.263 e. The summed E-state index contributed by atoms with van der Waals surface area (Å²) in [6, 6.07) is 8.07. The summed E-state index contributed by atoms with van der Waals surface area (Å²) < 4.78 is 1.93. The Hall–Kier alpha value is -3.09. The smallest absolute Gasteiger partial charge is 0.202 e. The Kier molecular flexibility index (Phi) is 3.11. The number of hydrogen-bond acceptors (Lipinski definition) is 5. The molecule has 0 aliphatic carbocycles. The molecule has 0 saturated heterocycles. The number of rotatable bonds is 3. The van der Waals surface area contributed by atoms with Crippen LogP contribution in [0.5, 0.6) is 0 Å². The highest BCUT2D eigenvalue weighted by Crippen LogP contribution is 2.25. The first kappa shape index (κ1) is 13.6. The molecule has 0 saturated carbocycles. The summed E-state index contributed by atoms with van der Waals surface area (Å²) >= 11 is 0. The summed E-state index contributed by atoms with van der Waals surface area (Å²) in [5, 5.41) is 12.8. The van der Waals surface area contributed by atoms with Crippen LogP contribution in [0.3, 0.4) is 0 Å². The molecule has 4 rings (SSSR count). The zero-order valence-electron chi connectivity index (χ0n) is 12.9. The number of aromatic nitrogens is 7. The van der Waals surface area contributed by atoms with E-state index >= 15 is 0 Å². The molecule has 23 heavy (non-hydrogen) atoms. The van der Waals surface area contributed by atoms with Crippen molar-refractivity contribution in [1.82, 2.24) is 34.9 Å². The molecule has 0 bridgehead atoms. The predicted octanol–water partition coefficient (Wildman–Crippen LogP) is 2.28. The van der Waals surface area contributed by atoms with Gasteiger partial charge in [-0.15, -0.1) is 0 Å². The van der Waals surface area contributed by atoms with E-state index in [4.69, 9.17) is 5.10 Å². The highest BCUT2D eigenvalue weighted by atomic mass is 15.3. The Bertz CT molecular complexity index is 966. The highest BCUT2D eigenvalue weighted by molar-refractivity contribution is 5.91. The lowest BCUT2D eigenvalue weighted by Gasteiger charge is -2.03. The summed E-state index contributed by atoms with van der Waals surface area (Å²) in [7, 11) is 0. The summed E-state index contributed by atoms with van der Waals surface area (Å²) in [6.45, 7) is 4.35. The van der Waals surface area contributed by atoms with Crippen molar-refractivity contribution in [2.24, 2.45) is 0 Å². The number of H-pyrrole nitrogens is 1. The number of nitrogens with zero attached hydrogens (tertiary/aromatic N) is 6. The number of aryl methyl sites for hydroxylation is 2. The molecule has 114 valence electrons. The minimum atomic E-state index is 0.601. The molecule has 3 heterocycles. The van der Waals surface area contributed by atoms with Crippen LogP contribution in [0.2, 0.25) is 0 Å². The van der Waals surface area contributed by atoms with Crippen molar-refractivity contribution in [2.45, 2.75) is 20.4 Å². The monoisotopic (exact) mass is 305 g/mol. The van der Waals surface area contributed by atoms with E-state index in [1.165, 1.54) is 0 Å². The topological polar surface area (TPSA) is 85.2 Å². The van der Waals surface area contributed by atoms with Crippen LogP contribution in [0.15, 0.2) is 36.7 Å². The first-order chi connectivity index (χ1) is 11.2. The normalized spacial score (nSPS) is 11.2. The van der Waals surface area contributed by atoms with Crippen molar-refractivity contribution in [3.8, 4) is 11.5 Å². The quantitative estimate of drug-likeness (QED) is 0.627. The van der Waals surface area contributed by atoms with E-state index in [0.717, 1.165) is 33.8 Å². The summed E-state index contributed by atoms with van der Waals surface area (Å²) in [5.41, 5.74) is 2.81. The maximum absolute atomic E-state index is 4.71. The Morgan fingerprint density at radius 2 is 1.87 bits per heavy atom. The first-order valence-corrected chi connectivity index (χ1v) is 7.33. The Morgan fingerprint density at radius 3 is 2.61 bits per heavy atom. The zero-order chi connectivity index (χ0) is 15.8. The number of aromatic amines is 1. The van der Waals surface area contributed by atoms with Gasteiger partial charge in [0.2, 0.25) is 5.82 Å². The van der Waals surface area contributed by atoms with E-state index < -0.39 is 0 Å². The molecule has 1 N–H and O–H groups in total. The average molecular weight is 305 g/mol.